The molecular weight excluding hydrogens is 203 g/mol. The number of carbonyl (C=O) groups is 1. The highest BCUT2D eigenvalue weighted by Gasteiger charge is 2.28. The van der Waals surface area contributed by atoms with Gasteiger partial charge in [0.15, 0.2) is 6.29 Å². The Kier molecular flexibility index (Phi) is 4.69. The molecule has 0 aliphatic rings. The van der Waals surface area contributed by atoms with E-state index in [4.69, 9.17) is 20.0 Å². The fraction of sp³-hybridized carbons (Fsp3) is 0.800. The number of hydrogen-bond donors (Lipinski definition) is 4. The van der Waals surface area contributed by atoms with E-state index in [1.165, 1.54) is 0 Å². The van der Waals surface area contributed by atoms with Gasteiger partial charge in [0.05, 0.1) is 6.10 Å². The molecule has 3 atom stereocenters. The molecule has 0 spiro atoms. The SMILES string of the molecule is C[C@@H](OP(=O)(O)O)[C@@H](O)[C@@H](O)C=O. The minimum atomic E-state index is -4.71. The van der Waals surface area contributed by atoms with Gasteiger partial charge in [0.2, 0.25) is 0 Å². The summed E-state index contributed by atoms with van der Waals surface area (Å²) in [6.45, 7) is 1.12. The Morgan fingerprint density at radius 1 is 1.38 bits per heavy atom. The van der Waals surface area contributed by atoms with E-state index in [9.17, 15) is 9.36 Å². The minimum absolute atomic E-state index is 0.0458. The molecule has 0 saturated heterocycles. The van der Waals surface area contributed by atoms with Gasteiger partial charge in [0, 0.05) is 0 Å². The zero-order valence-electron chi connectivity index (χ0n) is 6.77. The van der Waals surface area contributed by atoms with Gasteiger partial charge in [-0.25, -0.2) is 4.57 Å². The predicted molar refractivity (Wildman–Crippen MR) is 40.7 cm³/mol. The van der Waals surface area contributed by atoms with Crippen molar-refractivity contribution in [1.82, 2.24) is 0 Å². The quantitative estimate of drug-likeness (QED) is 0.321. The number of aliphatic hydroxyl groups excluding tert-OH is 2. The van der Waals surface area contributed by atoms with Gasteiger partial charge in [-0.15, -0.1) is 0 Å². The van der Waals surface area contributed by atoms with Crippen molar-refractivity contribution in [2.45, 2.75) is 25.2 Å². The van der Waals surface area contributed by atoms with Crippen molar-refractivity contribution >= 4 is 14.1 Å². The van der Waals surface area contributed by atoms with E-state index in [2.05, 4.69) is 4.52 Å². The third kappa shape index (κ3) is 5.09. The summed E-state index contributed by atoms with van der Waals surface area (Å²) in [6.07, 6.45) is -4.67. The molecule has 8 heteroatoms. The number of carbonyl (C=O) groups excluding carboxylic acids is 1. The molecular formula is C5H11O7P. The average Bonchev–Trinajstić information content (AvgIpc) is 1.98. The van der Waals surface area contributed by atoms with Crippen molar-refractivity contribution in [3.8, 4) is 0 Å². The fourth-order valence-corrected chi connectivity index (χ4v) is 1.20. The largest absolute Gasteiger partial charge is 0.469 e. The molecule has 0 aliphatic heterocycles. The molecule has 0 rings (SSSR count). The van der Waals surface area contributed by atoms with E-state index in [0.717, 1.165) is 6.92 Å². The van der Waals surface area contributed by atoms with Gasteiger partial charge in [-0.3, -0.25) is 4.52 Å². The van der Waals surface area contributed by atoms with Crippen molar-refractivity contribution in [2.75, 3.05) is 0 Å². The van der Waals surface area contributed by atoms with Gasteiger partial charge in [0.1, 0.15) is 12.2 Å². The second-order valence-electron chi connectivity index (χ2n) is 2.42. The van der Waals surface area contributed by atoms with E-state index < -0.39 is 26.1 Å². The van der Waals surface area contributed by atoms with Gasteiger partial charge < -0.3 is 24.8 Å². The molecule has 0 aromatic carbocycles. The highest BCUT2D eigenvalue weighted by atomic mass is 31.2. The molecule has 0 fully saturated rings. The normalized spacial score (nSPS) is 19.2. The lowest BCUT2D eigenvalue weighted by molar-refractivity contribution is -0.124. The Balaban J connectivity index is 4.18. The topological polar surface area (TPSA) is 124 Å². The maximum absolute atomic E-state index is 10.2. The van der Waals surface area contributed by atoms with Crippen LogP contribution >= 0.6 is 7.82 Å². The lowest BCUT2D eigenvalue weighted by atomic mass is 10.1. The minimum Gasteiger partial charge on any atom is -0.387 e. The first kappa shape index (κ1) is 12.7. The summed E-state index contributed by atoms with van der Waals surface area (Å²) in [5, 5.41) is 17.7. The first-order valence-corrected chi connectivity index (χ1v) is 4.86. The van der Waals surface area contributed by atoms with Crippen LogP contribution < -0.4 is 0 Å². The van der Waals surface area contributed by atoms with E-state index in [-0.39, 0.29) is 6.29 Å². The van der Waals surface area contributed by atoms with Gasteiger partial charge in [0.25, 0.3) is 0 Å². The van der Waals surface area contributed by atoms with Crippen molar-refractivity contribution < 1.29 is 33.9 Å². The molecule has 0 amide bonds. The first-order valence-electron chi connectivity index (χ1n) is 3.33. The summed E-state index contributed by atoms with van der Waals surface area (Å²) in [4.78, 5) is 26.6. The van der Waals surface area contributed by atoms with Crippen molar-refractivity contribution in [1.29, 1.82) is 0 Å². The molecule has 78 valence electrons. The third-order valence-electron chi connectivity index (χ3n) is 1.27. The maximum atomic E-state index is 10.2. The Labute approximate surface area is 74.2 Å². The first-order chi connectivity index (χ1) is 5.78. The lowest BCUT2D eigenvalue weighted by Crippen LogP contribution is -2.37. The summed E-state index contributed by atoms with van der Waals surface area (Å²) in [7, 11) is -4.71. The molecule has 0 aromatic rings. The summed E-state index contributed by atoms with van der Waals surface area (Å²) < 4.78 is 14.3. The fourth-order valence-electron chi connectivity index (χ4n) is 0.637. The van der Waals surface area contributed by atoms with Crippen LogP contribution in [0.4, 0.5) is 0 Å². The third-order valence-corrected chi connectivity index (χ3v) is 1.88. The van der Waals surface area contributed by atoms with Gasteiger partial charge in [-0.1, -0.05) is 0 Å². The molecule has 0 saturated carbocycles. The van der Waals surface area contributed by atoms with Crippen molar-refractivity contribution in [2.24, 2.45) is 0 Å². The number of hydrogen-bond acceptors (Lipinski definition) is 5. The van der Waals surface area contributed by atoms with Crippen LogP contribution in [0.5, 0.6) is 0 Å². The highest BCUT2D eigenvalue weighted by Crippen LogP contribution is 2.38. The Morgan fingerprint density at radius 3 is 2.15 bits per heavy atom. The van der Waals surface area contributed by atoms with Gasteiger partial charge >= 0.3 is 7.82 Å². The van der Waals surface area contributed by atoms with Crippen molar-refractivity contribution in [3.63, 3.8) is 0 Å². The van der Waals surface area contributed by atoms with Crippen LogP contribution in [0.15, 0.2) is 0 Å². The Morgan fingerprint density at radius 2 is 1.85 bits per heavy atom. The van der Waals surface area contributed by atoms with Crippen LogP contribution in [0, 0.1) is 0 Å². The molecule has 7 nitrogen and oxygen atoms in total. The van der Waals surface area contributed by atoms with E-state index in [0.29, 0.717) is 0 Å². The predicted octanol–water partition coefficient (Wildman–Crippen LogP) is -1.60. The molecule has 13 heavy (non-hydrogen) atoms. The van der Waals surface area contributed by atoms with E-state index >= 15 is 0 Å². The van der Waals surface area contributed by atoms with E-state index in [1.54, 1.807) is 0 Å². The summed E-state index contributed by atoms with van der Waals surface area (Å²) in [5.74, 6) is 0. The standard InChI is InChI=1S/C5H11O7P/c1-3(12-13(9,10)11)5(8)4(7)2-6/h2-5,7-8H,1H3,(H2,9,10,11)/t3-,4+,5-/m1/s1. The van der Waals surface area contributed by atoms with Crippen LogP contribution in [0.25, 0.3) is 0 Å². The number of aldehydes is 1. The summed E-state index contributed by atoms with van der Waals surface area (Å²) in [5.41, 5.74) is 0. The molecule has 0 unspecified atom stereocenters. The second-order valence-corrected chi connectivity index (χ2v) is 3.61. The molecule has 4 N–H and O–H groups in total. The highest BCUT2D eigenvalue weighted by molar-refractivity contribution is 7.46. The number of rotatable bonds is 5. The van der Waals surface area contributed by atoms with Crippen molar-refractivity contribution in [3.05, 3.63) is 0 Å². The molecule has 0 radical (unpaired) electrons. The van der Waals surface area contributed by atoms with Crippen LogP contribution in [0.3, 0.4) is 0 Å². The lowest BCUT2D eigenvalue weighted by Gasteiger charge is -2.20. The summed E-state index contributed by atoms with van der Waals surface area (Å²) >= 11 is 0. The van der Waals surface area contributed by atoms with Crippen LogP contribution in [0.1, 0.15) is 6.92 Å². The van der Waals surface area contributed by atoms with E-state index in [1.807, 2.05) is 0 Å². The molecule has 0 aromatic heterocycles. The van der Waals surface area contributed by atoms with Gasteiger partial charge in [-0.2, -0.15) is 0 Å². The monoisotopic (exact) mass is 214 g/mol. The van der Waals surface area contributed by atoms with Crippen LogP contribution in [-0.4, -0.2) is 44.6 Å². The van der Waals surface area contributed by atoms with Gasteiger partial charge in [-0.05, 0) is 6.92 Å². The molecule has 0 bridgehead atoms. The number of phosphoric ester groups is 1. The van der Waals surface area contributed by atoms with Crippen LogP contribution in [-0.2, 0) is 13.9 Å². The molecule has 0 aliphatic carbocycles. The average molecular weight is 214 g/mol. The Hall–Kier alpha value is -0.300. The summed E-state index contributed by atoms with van der Waals surface area (Å²) in [6, 6.07) is 0. The maximum Gasteiger partial charge on any atom is 0.469 e. The Bertz CT molecular complexity index is 211. The number of phosphoric acid groups is 1. The zero-order valence-corrected chi connectivity index (χ0v) is 7.66. The number of aliphatic hydroxyl groups is 2. The molecule has 0 heterocycles. The second kappa shape index (κ2) is 4.80. The van der Waals surface area contributed by atoms with Crippen LogP contribution in [0.2, 0.25) is 0 Å². The zero-order chi connectivity index (χ0) is 10.6. The smallest absolute Gasteiger partial charge is 0.387 e.